The molecule has 5 aromatic rings. The number of aliphatic hydroxyl groups is 4. The zero-order valence-electron chi connectivity index (χ0n) is 23.3. The van der Waals surface area contributed by atoms with Gasteiger partial charge in [0, 0.05) is 6.42 Å². The van der Waals surface area contributed by atoms with Gasteiger partial charge in [-0.3, -0.25) is 9.09 Å². The summed E-state index contributed by atoms with van der Waals surface area (Å²) in [5, 5.41) is 50.7. The molecule has 14 nitrogen and oxygen atoms in total. The second-order valence-corrected chi connectivity index (χ2v) is 12.4. The van der Waals surface area contributed by atoms with Crippen LogP contribution in [-0.4, -0.2) is 80.8 Å². The van der Waals surface area contributed by atoms with Crippen LogP contribution in [0.15, 0.2) is 55.1 Å². The van der Waals surface area contributed by atoms with Crippen LogP contribution in [0.25, 0.3) is 32.7 Å². The van der Waals surface area contributed by atoms with Crippen LogP contribution in [0.1, 0.15) is 41.5 Å². The number of anilines is 1. The maximum absolute atomic E-state index is 11.3. The molecule has 7 rings (SSSR count). The Kier molecular flexibility index (Phi) is 7.16. The van der Waals surface area contributed by atoms with Gasteiger partial charge < -0.3 is 40.3 Å². The Hall–Kier alpha value is -3.56. The van der Waals surface area contributed by atoms with Crippen LogP contribution in [0.2, 0.25) is 0 Å². The first-order chi connectivity index (χ1) is 21.0. The number of rotatable bonds is 6. The number of phosphoric acid groups is 1. The molecule has 2 aliphatic rings. The molecular weight excluding hydrogens is 593 g/mol. The van der Waals surface area contributed by atoms with Gasteiger partial charge in [-0.25, -0.2) is 19.5 Å². The van der Waals surface area contributed by atoms with Crippen molar-refractivity contribution in [3.63, 3.8) is 0 Å². The van der Waals surface area contributed by atoms with E-state index in [9.17, 15) is 25.0 Å². The topological polar surface area (TPSA) is 213 Å². The average Bonchev–Trinajstić information content (AvgIpc) is 3.60. The number of aryl methyl sites for hydroxylation is 1. The van der Waals surface area contributed by atoms with Crippen LogP contribution in [0.3, 0.4) is 0 Å². The minimum absolute atomic E-state index is 0.0888. The molecule has 230 valence electrons. The molecule has 1 aliphatic carbocycles. The number of phosphoric ester groups is 1. The summed E-state index contributed by atoms with van der Waals surface area (Å²) in [5.74, 6) is 0.252. The van der Waals surface area contributed by atoms with Gasteiger partial charge in [-0.05, 0) is 51.2 Å². The van der Waals surface area contributed by atoms with E-state index in [1.165, 1.54) is 12.7 Å². The number of nitrogens with zero attached hydrogens (tertiary/aromatic N) is 4. The van der Waals surface area contributed by atoms with E-state index >= 15 is 0 Å². The maximum Gasteiger partial charge on any atom is 0.469 e. The normalized spacial score (nSPS) is 27.3. The van der Waals surface area contributed by atoms with Crippen molar-refractivity contribution < 1.29 is 44.0 Å². The first kappa shape index (κ1) is 29.2. The summed E-state index contributed by atoms with van der Waals surface area (Å²) in [6, 6.07) is 12.8. The van der Waals surface area contributed by atoms with E-state index in [-0.39, 0.29) is 12.2 Å². The number of hydrogen-bond donors (Lipinski definition) is 7. The summed E-state index contributed by atoms with van der Waals surface area (Å²) in [4.78, 5) is 31.2. The van der Waals surface area contributed by atoms with Crippen LogP contribution in [0, 0.1) is 6.92 Å². The zero-order chi connectivity index (χ0) is 30.9. The van der Waals surface area contributed by atoms with Gasteiger partial charge in [0.05, 0.1) is 25.1 Å². The Bertz CT molecular complexity index is 1950. The molecule has 7 atom stereocenters. The molecule has 7 N–H and O–H groups in total. The lowest BCUT2D eigenvalue weighted by Gasteiger charge is -2.38. The molecule has 2 aromatic heterocycles. The SMILES string of the molecule is Cc1c2ccccc2cc2c3c(ccc12)[C@H](O)[C@@H](O)[C@@H](O)[C@H]3Nc1ncnc2c1ncn2C1CC(O)C(COP(=O)(O)O)O1. The van der Waals surface area contributed by atoms with Crippen LogP contribution in [-0.2, 0) is 13.8 Å². The molecule has 0 spiro atoms. The van der Waals surface area contributed by atoms with Crippen molar-refractivity contribution in [1.29, 1.82) is 0 Å². The minimum Gasteiger partial charge on any atom is -0.390 e. The molecule has 3 heterocycles. The summed E-state index contributed by atoms with van der Waals surface area (Å²) in [5.41, 5.74) is 2.80. The number of aromatic nitrogens is 4. The summed E-state index contributed by atoms with van der Waals surface area (Å²) in [6.07, 6.45) is -4.18. The Morgan fingerprint density at radius 1 is 1.02 bits per heavy atom. The summed E-state index contributed by atoms with van der Waals surface area (Å²) in [6.45, 7) is 1.52. The van der Waals surface area contributed by atoms with E-state index in [4.69, 9.17) is 14.5 Å². The standard InChI is InChI=1S/C29H30N5O9P/c1-13-15-5-3-2-4-14(15)8-18-16(13)6-7-17-22(18)23(26(37)27(38)25(17)36)33-28-24-29(31-11-30-28)34(12-32-24)21-9-19(35)20(43-21)10-42-44(39,40)41/h2-8,11-12,19-21,23,25-27,35-38H,9-10H2,1H3,(H,30,31,33)(H2,39,40,41)/t19?,20?,21?,23-,25-,26-,27+/m0/s1. The Morgan fingerprint density at radius 3 is 2.61 bits per heavy atom. The molecule has 0 radical (unpaired) electrons. The van der Waals surface area contributed by atoms with E-state index in [0.717, 1.165) is 27.1 Å². The fourth-order valence-corrected chi connectivity index (χ4v) is 6.77. The zero-order valence-corrected chi connectivity index (χ0v) is 24.2. The van der Waals surface area contributed by atoms with Gasteiger partial charge in [-0.1, -0.05) is 36.4 Å². The second kappa shape index (κ2) is 10.8. The van der Waals surface area contributed by atoms with E-state index < -0.39 is 57.2 Å². The van der Waals surface area contributed by atoms with Gasteiger partial charge in [0.2, 0.25) is 0 Å². The molecule has 1 aliphatic heterocycles. The van der Waals surface area contributed by atoms with Gasteiger partial charge in [0.1, 0.15) is 37.0 Å². The molecule has 1 fully saturated rings. The highest BCUT2D eigenvalue weighted by molar-refractivity contribution is 7.46. The fourth-order valence-electron chi connectivity index (χ4n) is 6.42. The number of ether oxygens (including phenoxy) is 1. The molecule has 1 saturated heterocycles. The van der Waals surface area contributed by atoms with Crippen molar-refractivity contribution in [3.8, 4) is 0 Å². The molecular formula is C29H30N5O9P. The van der Waals surface area contributed by atoms with Crippen LogP contribution >= 0.6 is 7.82 Å². The molecule has 3 aromatic carbocycles. The van der Waals surface area contributed by atoms with E-state index in [1.807, 2.05) is 43.3 Å². The molecule has 44 heavy (non-hydrogen) atoms. The predicted molar refractivity (Wildman–Crippen MR) is 157 cm³/mol. The number of hydrogen-bond acceptors (Lipinski definition) is 11. The fraction of sp³-hybridized carbons (Fsp3) is 0.345. The second-order valence-electron chi connectivity index (χ2n) is 11.2. The van der Waals surface area contributed by atoms with E-state index in [2.05, 4.69) is 24.8 Å². The van der Waals surface area contributed by atoms with Gasteiger partial charge in [-0.15, -0.1) is 0 Å². The number of fused-ring (bicyclic) bond motifs is 5. The quantitative estimate of drug-likeness (QED) is 0.107. The third-order valence-corrected chi connectivity index (χ3v) is 9.09. The lowest BCUT2D eigenvalue weighted by atomic mass is 9.78. The van der Waals surface area contributed by atoms with Crippen molar-refractivity contribution in [2.45, 2.75) is 56.1 Å². The largest absolute Gasteiger partial charge is 0.469 e. The maximum atomic E-state index is 11.3. The lowest BCUT2D eigenvalue weighted by molar-refractivity contribution is -0.0766. The Morgan fingerprint density at radius 2 is 1.82 bits per heavy atom. The smallest absolute Gasteiger partial charge is 0.390 e. The molecule has 0 amide bonds. The van der Waals surface area contributed by atoms with Crippen molar-refractivity contribution in [1.82, 2.24) is 19.5 Å². The number of nitrogens with one attached hydrogen (secondary N) is 1. The Balaban J connectivity index is 1.28. The highest BCUT2D eigenvalue weighted by Crippen LogP contribution is 2.45. The first-order valence-corrected chi connectivity index (χ1v) is 15.5. The molecule has 3 unspecified atom stereocenters. The van der Waals surface area contributed by atoms with Crippen LogP contribution in [0.5, 0.6) is 0 Å². The number of benzene rings is 3. The van der Waals surface area contributed by atoms with Crippen LogP contribution in [0.4, 0.5) is 5.82 Å². The average molecular weight is 624 g/mol. The number of imidazole rings is 1. The highest BCUT2D eigenvalue weighted by atomic mass is 31.2. The van der Waals surface area contributed by atoms with E-state index in [1.54, 1.807) is 10.6 Å². The highest BCUT2D eigenvalue weighted by Gasteiger charge is 2.42. The predicted octanol–water partition coefficient (Wildman–Crippen LogP) is 2.12. The van der Waals surface area contributed by atoms with Gasteiger partial charge in [0.25, 0.3) is 0 Å². The van der Waals surface area contributed by atoms with Crippen LogP contribution < -0.4 is 5.32 Å². The van der Waals surface area contributed by atoms with Crippen molar-refractivity contribution in [2.75, 3.05) is 11.9 Å². The van der Waals surface area contributed by atoms with Gasteiger partial charge in [-0.2, -0.15) is 0 Å². The van der Waals surface area contributed by atoms with Crippen molar-refractivity contribution >= 4 is 46.3 Å². The Labute approximate surface area is 249 Å². The lowest BCUT2D eigenvalue weighted by Crippen LogP contribution is -2.44. The first-order valence-electron chi connectivity index (χ1n) is 14.0. The van der Waals surface area contributed by atoms with Crippen molar-refractivity contribution in [3.05, 3.63) is 71.8 Å². The van der Waals surface area contributed by atoms with Crippen molar-refractivity contribution in [2.24, 2.45) is 0 Å². The summed E-state index contributed by atoms with van der Waals surface area (Å²) in [7, 11) is -4.75. The van der Waals surface area contributed by atoms with E-state index in [0.29, 0.717) is 22.3 Å². The minimum atomic E-state index is -4.75. The monoisotopic (exact) mass is 623 g/mol. The third kappa shape index (κ3) is 4.85. The molecule has 15 heteroatoms. The summed E-state index contributed by atoms with van der Waals surface area (Å²) < 4.78 is 23.0. The van der Waals surface area contributed by atoms with Gasteiger partial charge in [0.15, 0.2) is 17.0 Å². The third-order valence-electron chi connectivity index (χ3n) is 8.61. The van der Waals surface area contributed by atoms with Gasteiger partial charge >= 0.3 is 7.82 Å². The number of aliphatic hydroxyl groups excluding tert-OH is 4. The summed E-state index contributed by atoms with van der Waals surface area (Å²) >= 11 is 0. The molecule has 0 saturated carbocycles. The molecule has 0 bridgehead atoms.